The summed E-state index contributed by atoms with van der Waals surface area (Å²) in [5.74, 6) is 1.11. The number of carbonyl (C=O) groups is 2. The summed E-state index contributed by atoms with van der Waals surface area (Å²) in [6, 6.07) is -0.365. The van der Waals surface area contributed by atoms with Gasteiger partial charge in [-0.2, -0.15) is 5.10 Å². The van der Waals surface area contributed by atoms with E-state index in [1.807, 2.05) is 0 Å². The molecule has 1 saturated heterocycles. The molecule has 0 unspecified atom stereocenters. The minimum absolute atomic E-state index is 0.166. The molecular formula is C18H25N3O2. The van der Waals surface area contributed by atoms with Crippen molar-refractivity contribution in [3.63, 3.8) is 0 Å². The number of urea groups is 1. The van der Waals surface area contributed by atoms with E-state index >= 15 is 0 Å². The fraction of sp³-hybridized carbons (Fsp3) is 0.722. The lowest BCUT2D eigenvalue weighted by atomic mass is 9.49. The molecule has 5 heteroatoms. The van der Waals surface area contributed by atoms with Crippen LogP contribution >= 0.6 is 0 Å². The van der Waals surface area contributed by atoms with Gasteiger partial charge in [-0.3, -0.25) is 4.79 Å². The molecule has 4 aliphatic carbocycles. The second kappa shape index (κ2) is 4.92. The maximum atomic E-state index is 12.7. The zero-order valence-electron chi connectivity index (χ0n) is 14.0. The van der Waals surface area contributed by atoms with Crippen LogP contribution in [0.5, 0.6) is 0 Å². The lowest BCUT2D eigenvalue weighted by molar-refractivity contribution is -0.132. The van der Waals surface area contributed by atoms with Crippen LogP contribution in [0.2, 0.25) is 0 Å². The van der Waals surface area contributed by atoms with Gasteiger partial charge in [0.1, 0.15) is 5.54 Å². The zero-order chi connectivity index (χ0) is 16.2. The summed E-state index contributed by atoms with van der Waals surface area (Å²) in [4.78, 5) is 24.9. The molecule has 23 heavy (non-hydrogen) atoms. The van der Waals surface area contributed by atoms with E-state index in [4.69, 9.17) is 0 Å². The number of rotatable bonds is 2. The Morgan fingerprint density at radius 1 is 1.26 bits per heavy atom. The Morgan fingerprint density at radius 3 is 2.65 bits per heavy atom. The quantitative estimate of drug-likeness (QED) is 0.628. The fourth-order valence-corrected chi connectivity index (χ4v) is 4.87. The molecule has 2 saturated carbocycles. The topological polar surface area (TPSA) is 61.8 Å². The summed E-state index contributed by atoms with van der Waals surface area (Å²) in [7, 11) is 0. The minimum Gasteiger partial charge on any atom is -0.321 e. The van der Waals surface area contributed by atoms with Crippen molar-refractivity contribution in [1.29, 1.82) is 0 Å². The lowest BCUT2D eigenvalue weighted by Gasteiger charge is -2.55. The Labute approximate surface area is 137 Å². The third-order valence-corrected chi connectivity index (χ3v) is 6.68. The van der Waals surface area contributed by atoms with Gasteiger partial charge in [-0.05, 0) is 48.5 Å². The molecule has 0 aromatic heterocycles. The van der Waals surface area contributed by atoms with Gasteiger partial charge in [0.25, 0.3) is 5.91 Å². The van der Waals surface area contributed by atoms with E-state index < -0.39 is 5.54 Å². The first-order chi connectivity index (χ1) is 10.9. The number of nitrogens with zero attached hydrogens (tertiary/aromatic N) is 2. The first-order valence-electron chi connectivity index (χ1n) is 8.85. The van der Waals surface area contributed by atoms with Crippen LogP contribution in [0.4, 0.5) is 4.79 Å². The van der Waals surface area contributed by atoms with Crippen molar-refractivity contribution in [2.24, 2.45) is 22.4 Å². The van der Waals surface area contributed by atoms with E-state index in [-0.39, 0.29) is 11.9 Å². The van der Waals surface area contributed by atoms with Crippen LogP contribution in [0.15, 0.2) is 16.8 Å². The first kappa shape index (κ1) is 14.9. The molecule has 2 atom stereocenters. The average molecular weight is 315 g/mol. The Morgan fingerprint density at radius 2 is 2.00 bits per heavy atom. The van der Waals surface area contributed by atoms with Crippen LogP contribution in [0.25, 0.3) is 0 Å². The van der Waals surface area contributed by atoms with Crippen molar-refractivity contribution in [2.75, 3.05) is 0 Å². The summed E-state index contributed by atoms with van der Waals surface area (Å²) >= 11 is 0. The van der Waals surface area contributed by atoms with Gasteiger partial charge in [-0.15, -0.1) is 5.01 Å². The van der Waals surface area contributed by atoms with Crippen molar-refractivity contribution in [1.82, 2.24) is 10.3 Å². The highest BCUT2D eigenvalue weighted by molar-refractivity contribution is 6.07. The number of hydrazone groups is 1. The number of amides is 3. The highest BCUT2D eigenvalue weighted by Gasteiger charge is 2.53. The predicted octanol–water partition coefficient (Wildman–Crippen LogP) is 3.22. The number of imide groups is 1. The molecule has 1 N–H and O–H groups in total. The number of hydrogen-bond donors (Lipinski definition) is 1. The highest BCUT2D eigenvalue weighted by Crippen LogP contribution is 2.58. The average Bonchev–Trinajstić information content (AvgIpc) is 2.76. The summed E-state index contributed by atoms with van der Waals surface area (Å²) in [5, 5.41) is 8.24. The number of nitrogens with one attached hydrogen (secondary N) is 1. The standard InChI is InChI=1S/C18H25N3O2/c1-17(2)13-7-6-12(14(17)10-13)11-19-21-15(22)18(20-16(21)23)8-4-3-5-9-18/h6,11,13-14H,3-5,7-10H2,1-2H3,(H,20,23)/t13-,14+/m0/s1. The summed E-state index contributed by atoms with van der Waals surface area (Å²) in [5.41, 5.74) is 0.814. The lowest BCUT2D eigenvalue weighted by Crippen LogP contribution is -2.48. The van der Waals surface area contributed by atoms with Crippen molar-refractivity contribution in [2.45, 2.75) is 64.3 Å². The zero-order valence-corrected chi connectivity index (χ0v) is 14.0. The van der Waals surface area contributed by atoms with E-state index in [1.54, 1.807) is 6.21 Å². The third kappa shape index (κ3) is 2.08. The summed E-state index contributed by atoms with van der Waals surface area (Å²) < 4.78 is 0. The van der Waals surface area contributed by atoms with Crippen molar-refractivity contribution in [3.8, 4) is 0 Å². The van der Waals surface area contributed by atoms with Gasteiger partial charge in [0.15, 0.2) is 0 Å². The second-order valence-electron chi connectivity index (χ2n) is 8.18. The van der Waals surface area contributed by atoms with E-state index in [0.717, 1.165) is 49.5 Å². The van der Waals surface area contributed by atoms with Gasteiger partial charge < -0.3 is 5.32 Å². The van der Waals surface area contributed by atoms with Gasteiger partial charge in [0.2, 0.25) is 0 Å². The van der Waals surface area contributed by atoms with E-state index in [9.17, 15) is 9.59 Å². The van der Waals surface area contributed by atoms with E-state index in [2.05, 4.69) is 30.3 Å². The van der Waals surface area contributed by atoms with Gasteiger partial charge in [-0.1, -0.05) is 39.2 Å². The van der Waals surface area contributed by atoms with Crippen LogP contribution in [0, 0.1) is 17.3 Å². The molecule has 0 aromatic carbocycles. The smallest absolute Gasteiger partial charge is 0.321 e. The molecule has 124 valence electrons. The molecule has 1 aliphatic heterocycles. The molecule has 5 rings (SSSR count). The molecule has 1 spiro atoms. The number of carbonyl (C=O) groups excluding carboxylic acids is 2. The molecule has 5 aliphatic rings. The van der Waals surface area contributed by atoms with Gasteiger partial charge >= 0.3 is 6.03 Å². The minimum atomic E-state index is -0.686. The Balaban J connectivity index is 1.52. The number of hydrogen-bond acceptors (Lipinski definition) is 3. The van der Waals surface area contributed by atoms with Crippen LogP contribution in [-0.4, -0.2) is 28.7 Å². The van der Waals surface area contributed by atoms with E-state index in [0.29, 0.717) is 11.3 Å². The van der Waals surface area contributed by atoms with Crippen LogP contribution < -0.4 is 5.32 Å². The summed E-state index contributed by atoms with van der Waals surface area (Å²) in [6.45, 7) is 4.61. The fourth-order valence-electron chi connectivity index (χ4n) is 4.87. The SMILES string of the molecule is CC1(C)[C@H]2CC=C(C=NN3C(=O)NC4(CCCCC4)C3=O)[C@H]1C2. The van der Waals surface area contributed by atoms with Crippen LogP contribution in [-0.2, 0) is 4.79 Å². The van der Waals surface area contributed by atoms with Gasteiger partial charge in [-0.25, -0.2) is 4.79 Å². The molecule has 1 heterocycles. The normalized spacial score (nSPS) is 34.5. The van der Waals surface area contributed by atoms with Crippen molar-refractivity contribution >= 4 is 18.2 Å². The molecular weight excluding hydrogens is 290 g/mol. The Hall–Kier alpha value is -1.65. The van der Waals surface area contributed by atoms with Crippen LogP contribution in [0.1, 0.15) is 58.8 Å². The molecule has 3 amide bonds. The molecule has 2 bridgehead atoms. The van der Waals surface area contributed by atoms with Gasteiger partial charge in [0, 0.05) is 0 Å². The van der Waals surface area contributed by atoms with Crippen molar-refractivity contribution in [3.05, 3.63) is 11.6 Å². The Kier molecular flexibility index (Phi) is 3.19. The van der Waals surface area contributed by atoms with Crippen LogP contribution in [0.3, 0.4) is 0 Å². The Bertz CT molecular complexity index is 614. The predicted molar refractivity (Wildman–Crippen MR) is 87.8 cm³/mol. The second-order valence-corrected chi connectivity index (χ2v) is 8.18. The largest absolute Gasteiger partial charge is 0.346 e. The molecule has 5 nitrogen and oxygen atoms in total. The molecule has 3 fully saturated rings. The maximum Gasteiger partial charge on any atom is 0.346 e. The molecule has 0 aromatic rings. The van der Waals surface area contributed by atoms with E-state index in [1.165, 1.54) is 12.0 Å². The molecule has 0 radical (unpaired) electrons. The van der Waals surface area contributed by atoms with Gasteiger partial charge in [0.05, 0.1) is 6.21 Å². The number of fused-ring (bicyclic) bond motifs is 1. The van der Waals surface area contributed by atoms with Crippen molar-refractivity contribution < 1.29 is 9.59 Å². The highest BCUT2D eigenvalue weighted by atomic mass is 16.2. The summed E-state index contributed by atoms with van der Waals surface area (Å²) in [6.07, 6.45) is 10.9. The third-order valence-electron chi connectivity index (χ3n) is 6.68. The number of allylic oxidation sites excluding steroid dienone is 2. The monoisotopic (exact) mass is 315 g/mol. The maximum absolute atomic E-state index is 12.7. The first-order valence-corrected chi connectivity index (χ1v) is 8.85.